The highest BCUT2D eigenvalue weighted by atomic mass is 16.5. The fraction of sp³-hybridized carbons (Fsp3) is 0.346. The molecule has 10 nitrogen and oxygen atoms in total. The standard InChI is InChI=1S/C26H30N4O6/c1-15-11-17(13-20(23(15)33-4)25(31)35-6)19(9-8-10-22-27-29-30(3)28-22)18-12-16(2)24(34-5)21(14-18)26(32)36-7/h8-9,11-14,19H,10H2,1-7H3. The van der Waals surface area contributed by atoms with Crippen molar-refractivity contribution in [3.8, 4) is 11.5 Å². The lowest BCUT2D eigenvalue weighted by Gasteiger charge is -2.20. The van der Waals surface area contributed by atoms with E-state index >= 15 is 0 Å². The number of aryl methyl sites for hydroxylation is 3. The summed E-state index contributed by atoms with van der Waals surface area (Å²) in [5.41, 5.74) is 3.75. The Bertz CT molecular complexity index is 1220. The highest BCUT2D eigenvalue weighted by Crippen LogP contribution is 2.36. The lowest BCUT2D eigenvalue weighted by Crippen LogP contribution is -2.10. The van der Waals surface area contributed by atoms with Gasteiger partial charge < -0.3 is 18.9 Å². The maximum atomic E-state index is 12.6. The Morgan fingerprint density at radius 2 is 1.39 bits per heavy atom. The van der Waals surface area contributed by atoms with Crippen molar-refractivity contribution in [2.45, 2.75) is 26.2 Å². The van der Waals surface area contributed by atoms with Crippen molar-refractivity contribution in [3.05, 3.63) is 75.6 Å². The Balaban J connectivity index is 2.20. The van der Waals surface area contributed by atoms with E-state index < -0.39 is 11.9 Å². The van der Waals surface area contributed by atoms with E-state index in [1.54, 1.807) is 19.2 Å². The minimum absolute atomic E-state index is 0.308. The number of ether oxygens (including phenoxy) is 4. The van der Waals surface area contributed by atoms with Crippen molar-refractivity contribution < 1.29 is 28.5 Å². The van der Waals surface area contributed by atoms with Gasteiger partial charge >= 0.3 is 11.9 Å². The third kappa shape index (κ3) is 5.54. The van der Waals surface area contributed by atoms with Crippen LogP contribution in [0.2, 0.25) is 0 Å². The Hall–Kier alpha value is -4.21. The van der Waals surface area contributed by atoms with Crippen LogP contribution in [0.1, 0.15) is 54.7 Å². The molecule has 0 saturated heterocycles. The van der Waals surface area contributed by atoms with E-state index in [9.17, 15) is 9.59 Å². The van der Waals surface area contributed by atoms with Crippen molar-refractivity contribution >= 4 is 11.9 Å². The predicted octanol–water partition coefficient (Wildman–Crippen LogP) is 3.35. The molecule has 36 heavy (non-hydrogen) atoms. The number of methoxy groups -OCH3 is 4. The van der Waals surface area contributed by atoms with Gasteiger partial charge in [-0.3, -0.25) is 0 Å². The maximum absolute atomic E-state index is 12.6. The lowest BCUT2D eigenvalue weighted by atomic mass is 9.86. The molecule has 10 heteroatoms. The van der Waals surface area contributed by atoms with Crippen molar-refractivity contribution in [1.29, 1.82) is 0 Å². The number of hydrogen-bond donors (Lipinski definition) is 0. The quantitative estimate of drug-likeness (QED) is 0.326. The molecule has 0 radical (unpaired) electrons. The Morgan fingerprint density at radius 3 is 1.78 bits per heavy atom. The molecule has 0 bridgehead atoms. The van der Waals surface area contributed by atoms with Gasteiger partial charge in [0.15, 0.2) is 5.82 Å². The highest BCUT2D eigenvalue weighted by Gasteiger charge is 2.23. The van der Waals surface area contributed by atoms with Crippen LogP contribution in [0.25, 0.3) is 0 Å². The molecule has 1 heterocycles. The summed E-state index contributed by atoms with van der Waals surface area (Å²) in [7, 11) is 7.37. The van der Waals surface area contributed by atoms with E-state index in [0.717, 1.165) is 22.3 Å². The minimum atomic E-state index is -0.510. The lowest BCUT2D eigenvalue weighted by molar-refractivity contribution is 0.0588. The first-order chi connectivity index (χ1) is 17.2. The van der Waals surface area contributed by atoms with Gasteiger partial charge in [0.25, 0.3) is 0 Å². The van der Waals surface area contributed by atoms with Gasteiger partial charge in [-0.25, -0.2) is 9.59 Å². The molecule has 0 atom stereocenters. The minimum Gasteiger partial charge on any atom is -0.496 e. The molecule has 0 spiro atoms. The van der Waals surface area contributed by atoms with E-state index in [1.165, 1.54) is 33.2 Å². The zero-order chi connectivity index (χ0) is 26.4. The summed E-state index contributed by atoms with van der Waals surface area (Å²) in [5, 5.41) is 12.1. The fourth-order valence-electron chi connectivity index (χ4n) is 4.16. The Labute approximate surface area is 209 Å². The fourth-order valence-corrected chi connectivity index (χ4v) is 4.16. The normalized spacial score (nSPS) is 11.1. The van der Waals surface area contributed by atoms with Gasteiger partial charge in [0, 0.05) is 12.3 Å². The van der Waals surface area contributed by atoms with Gasteiger partial charge in [-0.1, -0.05) is 24.3 Å². The molecule has 3 aromatic rings. The Kier molecular flexibility index (Phi) is 8.42. The van der Waals surface area contributed by atoms with Crippen LogP contribution in [0, 0.1) is 13.8 Å². The first-order valence-electron chi connectivity index (χ1n) is 11.2. The monoisotopic (exact) mass is 494 g/mol. The number of allylic oxidation sites excluding steroid dienone is 2. The second-order valence-corrected chi connectivity index (χ2v) is 8.13. The summed E-state index contributed by atoms with van der Waals surface area (Å²) < 4.78 is 20.9. The van der Waals surface area contributed by atoms with Crippen LogP contribution in [-0.4, -0.2) is 60.6 Å². The number of rotatable bonds is 9. The SMILES string of the molecule is COC(=O)c1cc(C(C=CCc2nnn(C)n2)c2cc(C)c(OC)c(C(=O)OC)c2)cc(C)c1OC. The van der Waals surface area contributed by atoms with E-state index in [0.29, 0.717) is 34.9 Å². The molecular formula is C26H30N4O6. The zero-order valence-corrected chi connectivity index (χ0v) is 21.5. The first-order valence-corrected chi connectivity index (χ1v) is 11.2. The largest absolute Gasteiger partial charge is 0.496 e. The van der Waals surface area contributed by atoms with Crippen LogP contribution < -0.4 is 9.47 Å². The second-order valence-electron chi connectivity index (χ2n) is 8.13. The van der Waals surface area contributed by atoms with Crippen molar-refractivity contribution in [1.82, 2.24) is 20.2 Å². The molecule has 1 aromatic heterocycles. The molecule has 2 aromatic carbocycles. The van der Waals surface area contributed by atoms with E-state index in [4.69, 9.17) is 18.9 Å². The third-order valence-corrected chi connectivity index (χ3v) is 5.71. The smallest absolute Gasteiger partial charge is 0.341 e. The maximum Gasteiger partial charge on any atom is 0.341 e. The number of tetrazole rings is 1. The van der Waals surface area contributed by atoms with Gasteiger partial charge in [0.1, 0.15) is 22.6 Å². The van der Waals surface area contributed by atoms with Crippen molar-refractivity contribution in [2.75, 3.05) is 28.4 Å². The summed E-state index contributed by atoms with van der Waals surface area (Å²) in [5.74, 6) is 0.0860. The predicted molar refractivity (Wildman–Crippen MR) is 132 cm³/mol. The third-order valence-electron chi connectivity index (χ3n) is 5.71. The molecule has 0 unspecified atom stereocenters. The Morgan fingerprint density at radius 1 is 0.889 bits per heavy atom. The number of nitrogens with zero attached hydrogens (tertiary/aromatic N) is 4. The molecule has 190 valence electrons. The summed E-state index contributed by atoms with van der Waals surface area (Å²) >= 11 is 0. The number of esters is 2. The summed E-state index contributed by atoms with van der Waals surface area (Å²) in [6.07, 6.45) is 4.35. The molecule has 0 aliphatic carbocycles. The van der Waals surface area contributed by atoms with Gasteiger partial charge in [0.05, 0.1) is 35.5 Å². The molecule has 0 aliphatic heterocycles. The van der Waals surface area contributed by atoms with Crippen molar-refractivity contribution in [2.24, 2.45) is 7.05 Å². The van der Waals surface area contributed by atoms with Crippen LogP contribution >= 0.6 is 0 Å². The topological polar surface area (TPSA) is 115 Å². The van der Waals surface area contributed by atoms with E-state index in [1.807, 2.05) is 38.1 Å². The molecular weight excluding hydrogens is 464 g/mol. The number of hydrogen-bond acceptors (Lipinski definition) is 9. The van der Waals surface area contributed by atoms with Crippen LogP contribution in [-0.2, 0) is 22.9 Å². The molecule has 3 rings (SSSR count). The van der Waals surface area contributed by atoms with Gasteiger partial charge in [0.2, 0.25) is 0 Å². The average Bonchev–Trinajstić information content (AvgIpc) is 3.29. The van der Waals surface area contributed by atoms with Crippen LogP contribution in [0.5, 0.6) is 11.5 Å². The van der Waals surface area contributed by atoms with Gasteiger partial charge in [-0.15, -0.1) is 10.2 Å². The van der Waals surface area contributed by atoms with Crippen molar-refractivity contribution in [3.63, 3.8) is 0 Å². The average molecular weight is 495 g/mol. The number of aromatic nitrogens is 4. The van der Waals surface area contributed by atoms with E-state index in [2.05, 4.69) is 15.4 Å². The van der Waals surface area contributed by atoms with Gasteiger partial charge in [-0.05, 0) is 53.4 Å². The molecule has 0 saturated carbocycles. The van der Waals surface area contributed by atoms with Crippen LogP contribution in [0.15, 0.2) is 36.4 Å². The number of carbonyl (C=O) groups is 2. The molecule has 0 fully saturated rings. The van der Waals surface area contributed by atoms with Crippen LogP contribution in [0.3, 0.4) is 0 Å². The zero-order valence-electron chi connectivity index (χ0n) is 21.5. The molecule has 0 N–H and O–H groups in total. The summed E-state index contributed by atoms with van der Waals surface area (Å²) in [6, 6.07) is 7.37. The highest BCUT2D eigenvalue weighted by molar-refractivity contribution is 5.94. The summed E-state index contributed by atoms with van der Waals surface area (Å²) in [4.78, 5) is 26.5. The van der Waals surface area contributed by atoms with Crippen LogP contribution in [0.4, 0.5) is 0 Å². The molecule has 0 amide bonds. The first kappa shape index (κ1) is 26.4. The number of carbonyl (C=O) groups excluding carboxylic acids is 2. The number of benzene rings is 2. The summed E-state index contributed by atoms with van der Waals surface area (Å²) in [6.45, 7) is 3.72. The van der Waals surface area contributed by atoms with Gasteiger partial charge in [-0.2, -0.15) is 4.80 Å². The molecule has 0 aliphatic rings. The van der Waals surface area contributed by atoms with E-state index in [-0.39, 0.29) is 5.92 Å². The second kappa shape index (κ2) is 11.5.